The van der Waals surface area contributed by atoms with E-state index in [1.807, 2.05) is 0 Å². The Bertz CT molecular complexity index is 698. The molecule has 2 aliphatic rings. The van der Waals surface area contributed by atoms with Crippen molar-refractivity contribution >= 4 is 26.0 Å². The predicted molar refractivity (Wildman–Crippen MR) is 83.6 cm³/mol. The summed E-state index contributed by atoms with van der Waals surface area (Å²) >= 11 is 3.04. The second-order valence-corrected chi connectivity index (χ2v) is 8.67. The summed E-state index contributed by atoms with van der Waals surface area (Å²) in [6.45, 7) is 0.844. The van der Waals surface area contributed by atoms with Crippen molar-refractivity contribution in [2.75, 3.05) is 20.2 Å². The lowest BCUT2D eigenvalue weighted by atomic mass is 9.98. The number of fused-ring (bicyclic) bond motifs is 1. The van der Waals surface area contributed by atoms with Crippen molar-refractivity contribution in [1.82, 2.24) is 4.31 Å². The molecule has 3 unspecified atom stereocenters. The number of hydrogen-bond donors (Lipinski definition) is 1. The maximum atomic E-state index is 13.8. The first-order valence-electron chi connectivity index (χ1n) is 7.13. The Labute approximate surface area is 137 Å². The van der Waals surface area contributed by atoms with E-state index in [1.165, 1.54) is 17.5 Å². The number of benzene rings is 1. The fourth-order valence-electron chi connectivity index (χ4n) is 3.47. The van der Waals surface area contributed by atoms with Crippen LogP contribution in [0.25, 0.3) is 0 Å². The summed E-state index contributed by atoms with van der Waals surface area (Å²) in [5, 5.41) is 0. The van der Waals surface area contributed by atoms with E-state index in [0.717, 1.165) is 18.9 Å². The van der Waals surface area contributed by atoms with Crippen LogP contribution in [-0.2, 0) is 10.0 Å². The first-order valence-corrected chi connectivity index (χ1v) is 9.36. The Morgan fingerprint density at radius 1 is 1.36 bits per heavy atom. The lowest BCUT2D eigenvalue weighted by Gasteiger charge is -2.20. The van der Waals surface area contributed by atoms with Crippen LogP contribution >= 0.6 is 15.9 Å². The van der Waals surface area contributed by atoms with E-state index in [0.29, 0.717) is 19.0 Å². The highest BCUT2D eigenvalue weighted by Crippen LogP contribution is 2.41. The van der Waals surface area contributed by atoms with E-state index in [9.17, 15) is 12.8 Å². The molecule has 2 fully saturated rings. The summed E-state index contributed by atoms with van der Waals surface area (Å²) in [6, 6.07) is 2.39. The van der Waals surface area contributed by atoms with Crippen LogP contribution in [0.4, 0.5) is 4.39 Å². The second kappa shape index (κ2) is 5.74. The van der Waals surface area contributed by atoms with Crippen molar-refractivity contribution in [3.63, 3.8) is 0 Å². The molecule has 0 amide bonds. The number of halogens is 2. The molecule has 1 aliphatic heterocycles. The molecule has 5 nitrogen and oxygen atoms in total. The Morgan fingerprint density at radius 2 is 2.09 bits per heavy atom. The highest BCUT2D eigenvalue weighted by atomic mass is 79.9. The molecular weight excluding hydrogens is 375 g/mol. The van der Waals surface area contributed by atoms with Crippen LogP contribution in [0.15, 0.2) is 21.5 Å². The SMILES string of the molecule is COc1cc(Br)c(F)cc1S(=O)(=O)N1CC2CCC(N)C2C1. The second-order valence-electron chi connectivity index (χ2n) is 5.90. The van der Waals surface area contributed by atoms with Crippen LogP contribution in [0.2, 0.25) is 0 Å². The molecule has 0 spiro atoms. The highest BCUT2D eigenvalue weighted by Gasteiger charge is 2.45. The van der Waals surface area contributed by atoms with E-state index in [2.05, 4.69) is 15.9 Å². The maximum Gasteiger partial charge on any atom is 0.246 e. The minimum absolute atomic E-state index is 0.0498. The van der Waals surface area contributed by atoms with Gasteiger partial charge in [0.15, 0.2) is 0 Å². The molecule has 0 radical (unpaired) electrons. The zero-order chi connectivity index (χ0) is 16.1. The zero-order valence-corrected chi connectivity index (χ0v) is 14.5. The first kappa shape index (κ1) is 16.2. The molecule has 1 aromatic rings. The number of rotatable bonds is 3. The number of hydrogen-bond acceptors (Lipinski definition) is 4. The molecule has 3 rings (SSSR count). The average Bonchev–Trinajstić information content (AvgIpc) is 3.04. The minimum Gasteiger partial charge on any atom is -0.495 e. The van der Waals surface area contributed by atoms with Crippen LogP contribution in [0.5, 0.6) is 5.75 Å². The molecule has 1 aliphatic carbocycles. The number of nitrogens with zero attached hydrogens (tertiary/aromatic N) is 1. The van der Waals surface area contributed by atoms with E-state index >= 15 is 0 Å². The maximum absolute atomic E-state index is 13.8. The van der Waals surface area contributed by atoms with Gasteiger partial charge in [-0.1, -0.05) is 0 Å². The quantitative estimate of drug-likeness (QED) is 0.852. The van der Waals surface area contributed by atoms with Gasteiger partial charge in [0.25, 0.3) is 0 Å². The molecule has 8 heteroatoms. The lowest BCUT2D eigenvalue weighted by Crippen LogP contribution is -2.33. The average molecular weight is 393 g/mol. The fraction of sp³-hybridized carbons (Fsp3) is 0.571. The summed E-state index contributed by atoms with van der Waals surface area (Å²) in [5.74, 6) is 0.00207. The topological polar surface area (TPSA) is 72.6 Å². The van der Waals surface area contributed by atoms with Crippen LogP contribution < -0.4 is 10.5 Å². The Balaban J connectivity index is 1.96. The van der Waals surface area contributed by atoms with Crippen molar-refractivity contribution in [2.45, 2.75) is 23.8 Å². The summed E-state index contributed by atoms with van der Waals surface area (Å²) < 4.78 is 46.2. The summed E-state index contributed by atoms with van der Waals surface area (Å²) in [5.41, 5.74) is 6.05. The molecule has 0 aromatic heterocycles. The van der Waals surface area contributed by atoms with Gasteiger partial charge in [0, 0.05) is 19.1 Å². The number of sulfonamides is 1. The Kier molecular flexibility index (Phi) is 4.22. The van der Waals surface area contributed by atoms with Crippen molar-refractivity contribution < 1.29 is 17.5 Å². The molecule has 122 valence electrons. The predicted octanol–water partition coefficient (Wildman–Crippen LogP) is 1.95. The molecule has 22 heavy (non-hydrogen) atoms. The lowest BCUT2D eigenvalue weighted by molar-refractivity contribution is 0.392. The largest absolute Gasteiger partial charge is 0.495 e. The van der Waals surface area contributed by atoms with Crippen LogP contribution in [0, 0.1) is 17.7 Å². The van der Waals surface area contributed by atoms with Gasteiger partial charge in [0.05, 0.1) is 11.6 Å². The molecule has 1 saturated heterocycles. The number of methoxy groups -OCH3 is 1. The van der Waals surface area contributed by atoms with Gasteiger partial charge in [0.2, 0.25) is 10.0 Å². The van der Waals surface area contributed by atoms with Crippen molar-refractivity contribution in [3.8, 4) is 5.75 Å². The molecule has 1 saturated carbocycles. The van der Waals surface area contributed by atoms with E-state index < -0.39 is 15.8 Å². The highest BCUT2D eigenvalue weighted by molar-refractivity contribution is 9.10. The van der Waals surface area contributed by atoms with Gasteiger partial charge in [-0.15, -0.1) is 0 Å². The molecule has 3 atom stereocenters. The van der Waals surface area contributed by atoms with Gasteiger partial charge >= 0.3 is 0 Å². The molecule has 2 N–H and O–H groups in total. The number of nitrogens with two attached hydrogens (primary N) is 1. The fourth-order valence-corrected chi connectivity index (χ4v) is 5.48. The van der Waals surface area contributed by atoms with Crippen molar-refractivity contribution in [2.24, 2.45) is 17.6 Å². The van der Waals surface area contributed by atoms with E-state index in [1.54, 1.807) is 0 Å². The van der Waals surface area contributed by atoms with Gasteiger partial charge in [-0.3, -0.25) is 0 Å². The Hall–Kier alpha value is -0.700. The standard InChI is InChI=1S/C14H18BrFN2O3S/c1-21-13-4-10(15)11(16)5-14(13)22(19,20)18-6-8-2-3-12(17)9(8)7-18/h4-5,8-9,12H,2-3,6-7,17H2,1H3. The van der Waals surface area contributed by atoms with Gasteiger partial charge in [0.1, 0.15) is 16.5 Å². The third kappa shape index (κ3) is 2.55. The molecular formula is C14H18BrFN2O3S. The third-order valence-electron chi connectivity index (χ3n) is 4.70. The zero-order valence-electron chi connectivity index (χ0n) is 12.1. The van der Waals surface area contributed by atoms with E-state index in [-0.39, 0.29) is 27.1 Å². The first-order chi connectivity index (χ1) is 10.3. The van der Waals surface area contributed by atoms with Crippen molar-refractivity contribution in [1.29, 1.82) is 0 Å². The van der Waals surface area contributed by atoms with Crippen molar-refractivity contribution in [3.05, 3.63) is 22.4 Å². The molecule has 0 bridgehead atoms. The molecule has 1 aromatic carbocycles. The smallest absolute Gasteiger partial charge is 0.246 e. The minimum atomic E-state index is -3.79. The van der Waals surface area contributed by atoms with Crippen LogP contribution in [0.1, 0.15) is 12.8 Å². The van der Waals surface area contributed by atoms with Gasteiger partial charge < -0.3 is 10.5 Å². The number of ether oxygens (including phenoxy) is 1. The molecule has 1 heterocycles. The van der Waals surface area contributed by atoms with Gasteiger partial charge in [-0.2, -0.15) is 4.31 Å². The van der Waals surface area contributed by atoms with Crippen LogP contribution in [-0.4, -0.2) is 39.0 Å². The normalized spacial score (nSPS) is 28.8. The third-order valence-corrected chi connectivity index (χ3v) is 7.16. The Morgan fingerprint density at radius 3 is 2.73 bits per heavy atom. The summed E-state index contributed by atoms with van der Waals surface area (Å²) in [6.07, 6.45) is 1.89. The van der Waals surface area contributed by atoms with Gasteiger partial charge in [-0.25, -0.2) is 12.8 Å². The summed E-state index contributed by atoms with van der Waals surface area (Å²) in [7, 11) is -2.43. The monoisotopic (exact) mass is 392 g/mol. The van der Waals surface area contributed by atoms with E-state index in [4.69, 9.17) is 10.5 Å². The van der Waals surface area contributed by atoms with Gasteiger partial charge in [-0.05, 0) is 52.7 Å². The summed E-state index contributed by atoms with van der Waals surface area (Å²) in [4.78, 5) is -0.135. The van der Waals surface area contributed by atoms with Crippen LogP contribution in [0.3, 0.4) is 0 Å².